The van der Waals surface area contributed by atoms with Gasteiger partial charge in [-0.25, -0.2) is 0 Å². The molecule has 0 spiro atoms. The van der Waals surface area contributed by atoms with Crippen LogP contribution in [0, 0.1) is 10.1 Å². The van der Waals surface area contributed by atoms with Gasteiger partial charge >= 0.3 is 0 Å². The Labute approximate surface area is 129 Å². The third kappa shape index (κ3) is 5.44. The minimum absolute atomic E-state index is 0.140. The molecular formula is C12H14BrClN2O4. The predicted molar refractivity (Wildman–Crippen MR) is 79.3 cm³/mol. The van der Waals surface area contributed by atoms with Crippen LogP contribution in [0.3, 0.4) is 0 Å². The summed E-state index contributed by atoms with van der Waals surface area (Å²) in [4.78, 5) is 22.1. The summed E-state index contributed by atoms with van der Waals surface area (Å²) in [5.41, 5.74) is 0.0862. The Morgan fingerprint density at radius 1 is 1.55 bits per heavy atom. The maximum Gasteiger partial charge on any atom is 0.271 e. The van der Waals surface area contributed by atoms with Crippen LogP contribution in [0.25, 0.3) is 0 Å². The quantitative estimate of drug-likeness (QED) is 0.457. The molecule has 0 aliphatic carbocycles. The first-order valence-electron chi connectivity index (χ1n) is 5.80. The number of nitrogens with zero attached hydrogens (tertiary/aromatic N) is 1. The van der Waals surface area contributed by atoms with Crippen molar-refractivity contribution in [3.63, 3.8) is 0 Å². The van der Waals surface area contributed by atoms with Crippen LogP contribution in [0.1, 0.15) is 16.8 Å². The van der Waals surface area contributed by atoms with Gasteiger partial charge in [0, 0.05) is 35.8 Å². The summed E-state index contributed by atoms with van der Waals surface area (Å²) in [5, 5.41) is 13.2. The molecule has 0 fully saturated rings. The van der Waals surface area contributed by atoms with Crippen molar-refractivity contribution in [2.24, 2.45) is 0 Å². The molecule has 0 radical (unpaired) electrons. The highest BCUT2D eigenvalue weighted by atomic mass is 79.9. The summed E-state index contributed by atoms with van der Waals surface area (Å²) in [6.45, 7) is 0.774. The molecule has 20 heavy (non-hydrogen) atoms. The van der Waals surface area contributed by atoms with Crippen molar-refractivity contribution in [3.05, 3.63) is 38.3 Å². The van der Waals surface area contributed by atoms with Crippen LogP contribution in [0.4, 0.5) is 5.69 Å². The number of hydrogen-bond donors (Lipinski definition) is 1. The molecule has 0 aliphatic rings. The van der Waals surface area contributed by atoms with Gasteiger partial charge in [0.2, 0.25) is 0 Å². The largest absolute Gasteiger partial charge is 0.383 e. The van der Waals surface area contributed by atoms with E-state index in [2.05, 4.69) is 21.2 Å². The lowest BCUT2D eigenvalue weighted by Crippen LogP contribution is -2.27. The van der Waals surface area contributed by atoms with Crippen LogP contribution in [-0.2, 0) is 4.74 Å². The molecule has 1 amide bonds. The molecule has 0 saturated heterocycles. The molecule has 1 unspecified atom stereocenters. The third-order valence-electron chi connectivity index (χ3n) is 2.45. The Balaban J connectivity index is 2.61. The number of methoxy groups -OCH3 is 1. The second-order valence-corrected chi connectivity index (χ2v) is 5.59. The summed E-state index contributed by atoms with van der Waals surface area (Å²) in [5.74, 6) is -0.379. The lowest BCUT2D eigenvalue weighted by Gasteiger charge is -2.09. The number of alkyl halides is 1. The van der Waals surface area contributed by atoms with E-state index in [1.54, 1.807) is 7.11 Å². The van der Waals surface area contributed by atoms with Crippen molar-refractivity contribution in [1.29, 1.82) is 0 Å². The lowest BCUT2D eigenvalue weighted by molar-refractivity contribution is -0.385. The SMILES string of the molecule is COCC(Cl)CCNC(=O)c1cc(Br)cc([N+](=O)[O-])c1. The highest BCUT2D eigenvalue weighted by Crippen LogP contribution is 2.21. The van der Waals surface area contributed by atoms with Crippen LogP contribution >= 0.6 is 27.5 Å². The summed E-state index contributed by atoms with van der Waals surface area (Å²) < 4.78 is 5.36. The monoisotopic (exact) mass is 364 g/mol. The van der Waals surface area contributed by atoms with Crippen molar-refractivity contribution in [2.45, 2.75) is 11.8 Å². The van der Waals surface area contributed by atoms with E-state index in [1.165, 1.54) is 18.2 Å². The second-order valence-electron chi connectivity index (χ2n) is 4.05. The maximum absolute atomic E-state index is 11.9. The van der Waals surface area contributed by atoms with Gasteiger partial charge in [-0.05, 0) is 12.5 Å². The molecular weight excluding hydrogens is 351 g/mol. The van der Waals surface area contributed by atoms with Crippen LogP contribution in [0.15, 0.2) is 22.7 Å². The van der Waals surface area contributed by atoms with Gasteiger partial charge in [-0.15, -0.1) is 11.6 Å². The fourth-order valence-corrected chi connectivity index (χ4v) is 2.24. The molecule has 0 bridgehead atoms. The van der Waals surface area contributed by atoms with E-state index in [0.29, 0.717) is 24.0 Å². The molecule has 0 heterocycles. The van der Waals surface area contributed by atoms with Gasteiger partial charge in [-0.2, -0.15) is 0 Å². The fraction of sp³-hybridized carbons (Fsp3) is 0.417. The Bertz CT molecular complexity index is 498. The summed E-state index contributed by atoms with van der Waals surface area (Å²) >= 11 is 9.07. The number of halogens is 2. The Hall–Kier alpha value is -1.18. The van der Waals surface area contributed by atoms with Crippen LogP contribution in [0.5, 0.6) is 0 Å². The van der Waals surface area contributed by atoms with Gasteiger partial charge in [0.1, 0.15) is 0 Å². The van der Waals surface area contributed by atoms with E-state index in [1.807, 2.05) is 0 Å². The molecule has 1 aromatic carbocycles. The molecule has 0 aliphatic heterocycles. The third-order valence-corrected chi connectivity index (χ3v) is 3.25. The van der Waals surface area contributed by atoms with E-state index in [9.17, 15) is 14.9 Å². The normalized spacial score (nSPS) is 11.9. The number of hydrogen-bond acceptors (Lipinski definition) is 4. The minimum Gasteiger partial charge on any atom is -0.383 e. The number of nitrogens with one attached hydrogen (secondary N) is 1. The van der Waals surface area contributed by atoms with Crippen LogP contribution < -0.4 is 5.32 Å². The van der Waals surface area contributed by atoms with Gasteiger partial charge in [-0.3, -0.25) is 14.9 Å². The number of rotatable bonds is 7. The maximum atomic E-state index is 11.9. The number of carbonyl (C=O) groups is 1. The molecule has 1 aromatic rings. The molecule has 1 rings (SSSR count). The Morgan fingerprint density at radius 3 is 2.85 bits per heavy atom. The van der Waals surface area contributed by atoms with Gasteiger partial charge in [0.05, 0.1) is 16.9 Å². The second kappa shape index (κ2) is 8.18. The predicted octanol–water partition coefficient (Wildman–Crippen LogP) is 2.73. The Kier molecular flexibility index (Phi) is 6.90. The van der Waals surface area contributed by atoms with Crippen LogP contribution in [0.2, 0.25) is 0 Å². The van der Waals surface area contributed by atoms with E-state index in [4.69, 9.17) is 16.3 Å². The van der Waals surface area contributed by atoms with Crippen molar-refractivity contribution in [3.8, 4) is 0 Å². The van der Waals surface area contributed by atoms with E-state index < -0.39 is 4.92 Å². The van der Waals surface area contributed by atoms with E-state index >= 15 is 0 Å². The first kappa shape index (κ1) is 16.9. The molecule has 6 nitrogen and oxygen atoms in total. The topological polar surface area (TPSA) is 81.5 Å². The number of ether oxygens (including phenoxy) is 1. The number of carbonyl (C=O) groups excluding carboxylic acids is 1. The number of benzene rings is 1. The minimum atomic E-state index is -0.547. The van der Waals surface area contributed by atoms with Crippen molar-refractivity contribution in [1.82, 2.24) is 5.32 Å². The standard InChI is InChI=1S/C12H14BrClN2O4/c1-20-7-10(14)2-3-15-12(17)8-4-9(13)6-11(5-8)16(18)19/h4-6,10H,2-3,7H2,1H3,(H,15,17). The highest BCUT2D eigenvalue weighted by Gasteiger charge is 2.14. The number of nitro groups is 1. The molecule has 110 valence electrons. The van der Waals surface area contributed by atoms with Gasteiger partial charge in [0.15, 0.2) is 0 Å². The van der Waals surface area contributed by atoms with Crippen molar-refractivity contribution >= 4 is 39.1 Å². The van der Waals surface area contributed by atoms with Gasteiger partial charge < -0.3 is 10.1 Å². The van der Waals surface area contributed by atoms with Gasteiger partial charge in [0.25, 0.3) is 11.6 Å². The summed E-state index contributed by atoms with van der Waals surface area (Å²) in [7, 11) is 1.55. The van der Waals surface area contributed by atoms with Gasteiger partial charge in [-0.1, -0.05) is 15.9 Å². The molecule has 0 aromatic heterocycles. The Morgan fingerprint density at radius 2 is 2.25 bits per heavy atom. The number of nitro benzene ring substituents is 1. The zero-order valence-electron chi connectivity index (χ0n) is 10.8. The zero-order valence-corrected chi connectivity index (χ0v) is 13.1. The molecule has 1 N–H and O–H groups in total. The zero-order chi connectivity index (χ0) is 15.1. The average Bonchev–Trinajstić information content (AvgIpc) is 2.38. The summed E-state index contributed by atoms with van der Waals surface area (Å²) in [6.07, 6.45) is 0.553. The van der Waals surface area contributed by atoms with Crippen molar-refractivity contribution in [2.75, 3.05) is 20.3 Å². The van der Waals surface area contributed by atoms with Crippen LogP contribution in [-0.4, -0.2) is 36.5 Å². The molecule has 0 saturated carbocycles. The van der Waals surface area contributed by atoms with Crippen molar-refractivity contribution < 1.29 is 14.5 Å². The van der Waals surface area contributed by atoms with E-state index in [-0.39, 0.29) is 22.5 Å². The summed E-state index contributed by atoms with van der Waals surface area (Å²) in [6, 6.07) is 4.09. The first-order chi connectivity index (χ1) is 9.43. The first-order valence-corrected chi connectivity index (χ1v) is 7.03. The highest BCUT2D eigenvalue weighted by molar-refractivity contribution is 9.10. The fourth-order valence-electron chi connectivity index (χ4n) is 1.52. The number of amides is 1. The smallest absolute Gasteiger partial charge is 0.271 e. The molecule has 1 atom stereocenters. The lowest BCUT2D eigenvalue weighted by atomic mass is 10.2. The number of non-ortho nitro benzene ring substituents is 1. The average molecular weight is 366 g/mol. The van der Waals surface area contributed by atoms with E-state index in [0.717, 1.165) is 0 Å². The molecule has 8 heteroatoms.